The molecule has 1 spiro atoms. The lowest BCUT2D eigenvalue weighted by molar-refractivity contribution is -0.121. The third kappa shape index (κ3) is 2.41. The molecule has 2 aliphatic rings. The van der Waals surface area contributed by atoms with E-state index in [0.29, 0.717) is 33.9 Å². The van der Waals surface area contributed by atoms with Gasteiger partial charge in [0, 0.05) is 23.7 Å². The Morgan fingerprint density at radius 2 is 1.85 bits per heavy atom. The molecule has 0 radical (unpaired) electrons. The second kappa shape index (κ2) is 7.11. The van der Waals surface area contributed by atoms with Gasteiger partial charge >= 0.3 is 0 Å². The second-order valence-corrected chi connectivity index (χ2v) is 9.58. The fourth-order valence-electron chi connectivity index (χ4n) is 5.19. The van der Waals surface area contributed by atoms with Gasteiger partial charge in [0.2, 0.25) is 5.76 Å². The summed E-state index contributed by atoms with van der Waals surface area (Å²) in [5, 5.41) is 2.44. The zero-order chi connectivity index (χ0) is 23.8. The number of amides is 2. The Morgan fingerprint density at radius 3 is 2.59 bits per heavy atom. The second-order valence-electron chi connectivity index (χ2n) is 8.71. The van der Waals surface area contributed by atoms with Crippen molar-refractivity contribution < 1.29 is 14.0 Å². The van der Waals surface area contributed by atoms with E-state index in [-0.39, 0.29) is 22.7 Å². The molecule has 0 bridgehead atoms. The van der Waals surface area contributed by atoms with Crippen molar-refractivity contribution in [3.8, 4) is 0 Å². The lowest BCUT2D eigenvalue weighted by Gasteiger charge is -2.32. The number of rotatable bonds is 3. The van der Waals surface area contributed by atoms with Gasteiger partial charge < -0.3 is 9.32 Å². The molecule has 0 N–H and O–H groups in total. The van der Waals surface area contributed by atoms with Gasteiger partial charge in [0.05, 0.1) is 16.6 Å². The number of thiazole rings is 1. The maximum Gasteiger partial charge on any atom is 0.297 e. The van der Waals surface area contributed by atoms with Crippen LogP contribution in [0.1, 0.15) is 46.2 Å². The summed E-state index contributed by atoms with van der Waals surface area (Å²) in [6, 6.07) is 10.9. The van der Waals surface area contributed by atoms with Crippen molar-refractivity contribution >= 4 is 44.9 Å². The van der Waals surface area contributed by atoms with Gasteiger partial charge in [-0.25, -0.2) is 4.98 Å². The normalized spacial score (nSPS) is 18.9. The van der Waals surface area contributed by atoms with Crippen molar-refractivity contribution in [1.29, 1.82) is 0 Å². The molecule has 2 aromatic heterocycles. The Bertz CT molecular complexity index is 1570. The molecular formula is C26H21N3O4S. The molecule has 34 heavy (non-hydrogen) atoms. The van der Waals surface area contributed by atoms with Gasteiger partial charge in [0.15, 0.2) is 16.1 Å². The molecule has 8 heteroatoms. The number of anilines is 2. The molecular weight excluding hydrogens is 450 g/mol. The largest absolute Gasteiger partial charge is 0.450 e. The first-order chi connectivity index (χ1) is 16.4. The zero-order valence-corrected chi connectivity index (χ0v) is 19.7. The lowest BCUT2D eigenvalue weighted by atomic mass is 9.84. The molecule has 0 fully saturated rings. The predicted octanol–water partition coefficient (Wildman–Crippen LogP) is 4.53. The van der Waals surface area contributed by atoms with Crippen LogP contribution in [0.5, 0.6) is 0 Å². The van der Waals surface area contributed by atoms with Gasteiger partial charge in [-0.3, -0.25) is 19.3 Å². The van der Waals surface area contributed by atoms with E-state index in [1.165, 1.54) is 16.2 Å². The standard InChI is InChI=1S/C26H21N3O4S/c1-4-10-28-18-8-6-5-7-17(18)26(24(28)32)20-21(30)16-12-14(2)15(3)13-19(16)33-22(20)23(31)29(26)25-27-9-11-34-25/h5-9,11-13H,4,10H2,1-3H3. The van der Waals surface area contributed by atoms with Crippen LogP contribution in [0, 0.1) is 13.8 Å². The van der Waals surface area contributed by atoms with Crippen LogP contribution in [-0.2, 0) is 10.3 Å². The van der Waals surface area contributed by atoms with E-state index in [4.69, 9.17) is 4.42 Å². The summed E-state index contributed by atoms with van der Waals surface area (Å²) < 4.78 is 6.12. The number of fused-ring (bicyclic) bond motifs is 5. The topological polar surface area (TPSA) is 83.7 Å². The Balaban J connectivity index is 1.79. The van der Waals surface area contributed by atoms with Gasteiger partial charge in [0.1, 0.15) is 5.58 Å². The molecule has 0 aliphatic carbocycles. The summed E-state index contributed by atoms with van der Waals surface area (Å²) in [7, 11) is 0. The van der Waals surface area contributed by atoms with Gasteiger partial charge in [0.25, 0.3) is 11.8 Å². The highest BCUT2D eigenvalue weighted by atomic mass is 32.1. The lowest BCUT2D eigenvalue weighted by Crippen LogP contribution is -2.53. The maximum absolute atomic E-state index is 14.3. The number of aryl methyl sites for hydroxylation is 2. The zero-order valence-electron chi connectivity index (χ0n) is 18.9. The van der Waals surface area contributed by atoms with E-state index < -0.39 is 11.4 Å². The number of carbonyl (C=O) groups is 2. The van der Waals surface area contributed by atoms with Crippen LogP contribution in [0.2, 0.25) is 0 Å². The van der Waals surface area contributed by atoms with Gasteiger partial charge in [-0.05, 0) is 49.6 Å². The van der Waals surface area contributed by atoms with E-state index in [0.717, 1.165) is 17.5 Å². The molecule has 4 heterocycles. The highest BCUT2D eigenvalue weighted by Crippen LogP contribution is 2.54. The molecule has 7 nitrogen and oxygen atoms in total. The average molecular weight is 472 g/mol. The quantitative estimate of drug-likeness (QED) is 0.438. The van der Waals surface area contributed by atoms with Crippen molar-refractivity contribution in [3.63, 3.8) is 0 Å². The summed E-state index contributed by atoms with van der Waals surface area (Å²) in [6.07, 6.45) is 2.30. The van der Waals surface area contributed by atoms with Crippen molar-refractivity contribution in [2.45, 2.75) is 32.7 Å². The Labute approximate surface area is 199 Å². The Morgan fingerprint density at radius 1 is 1.09 bits per heavy atom. The smallest absolute Gasteiger partial charge is 0.297 e. The number of carbonyl (C=O) groups excluding carboxylic acids is 2. The van der Waals surface area contributed by atoms with Crippen molar-refractivity contribution in [2.75, 3.05) is 16.3 Å². The van der Waals surface area contributed by atoms with Crippen LogP contribution in [-0.4, -0.2) is 23.3 Å². The number of aromatic nitrogens is 1. The number of para-hydroxylation sites is 1. The monoisotopic (exact) mass is 471 g/mol. The molecule has 2 aliphatic heterocycles. The number of hydrogen-bond donors (Lipinski definition) is 0. The average Bonchev–Trinajstić information content (AvgIpc) is 3.49. The summed E-state index contributed by atoms with van der Waals surface area (Å²) in [5.74, 6) is -0.977. The van der Waals surface area contributed by atoms with Crippen LogP contribution in [0.25, 0.3) is 11.0 Å². The van der Waals surface area contributed by atoms with Crippen molar-refractivity contribution in [3.05, 3.63) is 86.2 Å². The molecule has 1 atom stereocenters. The third-order valence-electron chi connectivity index (χ3n) is 6.80. The van der Waals surface area contributed by atoms with E-state index in [2.05, 4.69) is 4.98 Å². The highest BCUT2D eigenvalue weighted by Gasteiger charge is 2.66. The molecule has 0 saturated heterocycles. The molecule has 1 unspecified atom stereocenters. The summed E-state index contributed by atoms with van der Waals surface area (Å²) in [4.78, 5) is 49.7. The van der Waals surface area contributed by atoms with Crippen LogP contribution in [0.15, 0.2) is 57.2 Å². The molecule has 0 saturated carbocycles. The van der Waals surface area contributed by atoms with Crippen LogP contribution in [0.3, 0.4) is 0 Å². The number of benzene rings is 2. The predicted molar refractivity (Wildman–Crippen MR) is 131 cm³/mol. The van der Waals surface area contributed by atoms with Gasteiger partial charge in [-0.1, -0.05) is 25.1 Å². The summed E-state index contributed by atoms with van der Waals surface area (Å²) in [5.41, 5.74) is 1.53. The van der Waals surface area contributed by atoms with E-state index in [1.54, 1.807) is 28.6 Å². The maximum atomic E-state index is 14.3. The van der Waals surface area contributed by atoms with Crippen molar-refractivity contribution in [2.24, 2.45) is 0 Å². The molecule has 2 aromatic carbocycles. The van der Waals surface area contributed by atoms with E-state index in [9.17, 15) is 14.4 Å². The number of nitrogens with zero attached hydrogens (tertiary/aromatic N) is 3. The first-order valence-electron chi connectivity index (χ1n) is 11.1. The van der Waals surface area contributed by atoms with Crippen molar-refractivity contribution in [1.82, 2.24) is 4.98 Å². The number of hydrogen-bond acceptors (Lipinski definition) is 6. The minimum atomic E-state index is -1.66. The molecule has 170 valence electrons. The molecule has 2 amide bonds. The highest BCUT2D eigenvalue weighted by molar-refractivity contribution is 7.13. The molecule has 4 aromatic rings. The minimum Gasteiger partial charge on any atom is -0.450 e. The molecule has 6 rings (SSSR count). The van der Waals surface area contributed by atoms with E-state index >= 15 is 0 Å². The van der Waals surface area contributed by atoms with Gasteiger partial charge in [-0.15, -0.1) is 11.3 Å². The van der Waals surface area contributed by atoms with Gasteiger partial charge in [-0.2, -0.15) is 0 Å². The van der Waals surface area contributed by atoms with Crippen LogP contribution < -0.4 is 15.2 Å². The SMILES string of the molecule is CCCN1C(=O)C2(c3ccccc31)c1c(oc3cc(C)c(C)cc3c1=O)C(=O)N2c1nccs1. The fraction of sp³-hybridized carbons (Fsp3) is 0.231. The third-order valence-corrected chi connectivity index (χ3v) is 7.55. The first kappa shape index (κ1) is 20.8. The van der Waals surface area contributed by atoms with Crippen LogP contribution in [0.4, 0.5) is 10.8 Å². The summed E-state index contributed by atoms with van der Waals surface area (Å²) in [6.45, 7) is 6.29. The Kier molecular flexibility index (Phi) is 4.35. The summed E-state index contributed by atoms with van der Waals surface area (Å²) >= 11 is 1.24. The van der Waals surface area contributed by atoms with E-state index in [1.807, 2.05) is 45.0 Å². The fourth-order valence-corrected chi connectivity index (χ4v) is 5.88. The first-order valence-corrected chi connectivity index (χ1v) is 12.0. The van der Waals surface area contributed by atoms with Crippen LogP contribution >= 0.6 is 11.3 Å². The Hall–Kier alpha value is -3.78. The minimum absolute atomic E-state index is 0.0690.